The molecule has 1 fully saturated rings. The average Bonchev–Trinajstić information content (AvgIpc) is 2.89. The van der Waals surface area contributed by atoms with E-state index >= 15 is 0 Å². The van der Waals surface area contributed by atoms with Gasteiger partial charge in [0.25, 0.3) is 5.69 Å². The number of nitrogens with zero attached hydrogens (tertiary/aromatic N) is 2. The summed E-state index contributed by atoms with van der Waals surface area (Å²) in [6, 6.07) is 12.2. The fraction of sp³-hybridized carbons (Fsp3) is 0.133. The summed E-state index contributed by atoms with van der Waals surface area (Å²) < 4.78 is 14.0. The van der Waals surface area contributed by atoms with Gasteiger partial charge in [-0.25, -0.2) is 4.39 Å². The van der Waals surface area contributed by atoms with Crippen LogP contribution in [0.3, 0.4) is 0 Å². The minimum absolute atomic E-state index is 0.0731. The smallest absolute Gasteiger partial charge is 0.275 e. The molecule has 0 spiro atoms. The van der Waals surface area contributed by atoms with Gasteiger partial charge >= 0.3 is 0 Å². The van der Waals surface area contributed by atoms with E-state index in [0.717, 1.165) is 0 Å². The number of carbonyl (C=O) groups excluding carboxylic acids is 1. The zero-order valence-corrected chi connectivity index (χ0v) is 12.1. The van der Waals surface area contributed by atoms with Crippen molar-refractivity contribution in [3.63, 3.8) is 0 Å². The van der Waals surface area contributed by atoms with Crippen molar-refractivity contribution in [1.29, 1.82) is 0 Å². The molecule has 2 aromatic rings. The summed E-state index contributed by atoms with van der Waals surface area (Å²) in [4.78, 5) is 24.2. The predicted octanol–water partition coefficient (Wildman–Crippen LogP) is 3.51. The number of anilines is 1. The molecular formula is C15H11FN2O3S. The van der Waals surface area contributed by atoms with Gasteiger partial charge in [0.1, 0.15) is 11.2 Å². The third kappa shape index (κ3) is 2.43. The van der Waals surface area contributed by atoms with Crippen molar-refractivity contribution in [1.82, 2.24) is 0 Å². The van der Waals surface area contributed by atoms with Crippen LogP contribution in [0.5, 0.6) is 0 Å². The first kappa shape index (κ1) is 14.5. The van der Waals surface area contributed by atoms with E-state index in [0.29, 0.717) is 5.56 Å². The quantitative estimate of drug-likeness (QED) is 0.642. The van der Waals surface area contributed by atoms with E-state index < -0.39 is 16.1 Å². The maximum absolute atomic E-state index is 14.0. The highest BCUT2D eigenvalue weighted by Gasteiger charge is 2.38. The van der Waals surface area contributed by atoms with Crippen LogP contribution in [0.15, 0.2) is 48.5 Å². The molecule has 1 saturated heterocycles. The van der Waals surface area contributed by atoms with Crippen molar-refractivity contribution in [2.75, 3.05) is 10.7 Å². The summed E-state index contributed by atoms with van der Waals surface area (Å²) in [5.41, 5.74) is 0.461. The molecule has 1 atom stereocenters. The zero-order valence-electron chi connectivity index (χ0n) is 11.3. The van der Waals surface area contributed by atoms with E-state index in [1.165, 1.54) is 40.9 Å². The van der Waals surface area contributed by atoms with Crippen LogP contribution >= 0.6 is 11.8 Å². The molecule has 0 saturated carbocycles. The fourth-order valence-corrected chi connectivity index (χ4v) is 3.62. The Morgan fingerprint density at radius 2 is 1.86 bits per heavy atom. The number of carbonyl (C=O) groups is 1. The van der Waals surface area contributed by atoms with Crippen molar-refractivity contribution in [3.8, 4) is 0 Å². The maximum atomic E-state index is 14.0. The Hall–Kier alpha value is -2.41. The van der Waals surface area contributed by atoms with Crippen molar-refractivity contribution < 1.29 is 14.1 Å². The molecule has 1 unspecified atom stereocenters. The van der Waals surface area contributed by atoms with Gasteiger partial charge in [0.05, 0.1) is 21.9 Å². The van der Waals surface area contributed by atoms with Gasteiger partial charge in [-0.15, -0.1) is 11.8 Å². The summed E-state index contributed by atoms with van der Waals surface area (Å²) in [5.74, 6) is -0.634. The topological polar surface area (TPSA) is 63.4 Å². The van der Waals surface area contributed by atoms with Crippen LogP contribution < -0.4 is 4.90 Å². The van der Waals surface area contributed by atoms with Crippen LogP contribution in [0.2, 0.25) is 0 Å². The Morgan fingerprint density at radius 3 is 2.59 bits per heavy atom. The molecule has 22 heavy (non-hydrogen) atoms. The number of rotatable bonds is 3. The summed E-state index contributed by atoms with van der Waals surface area (Å²) in [6.07, 6.45) is 0. The van der Waals surface area contributed by atoms with Crippen LogP contribution in [0.25, 0.3) is 0 Å². The van der Waals surface area contributed by atoms with Gasteiger partial charge < -0.3 is 0 Å². The number of benzene rings is 2. The van der Waals surface area contributed by atoms with Gasteiger partial charge in [0, 0.05) is 6.07 Å². The molecule has 0 aliphatic carbocycles. The Bertz CT molecular complexity index is 753. The third-order valence-corrected chi connectivity index (χ3v) is 4.57. The lowest BCUT2D eigenvalue weighted by Gasteiger charge is -2.24. The monoisotopic (exact) mass is 318 g/mol. The first-order valence-corrected chi connectivity index (χ1v) is 7.56. The summed E-state index contributed by atoms with van der Waals surface area (Å²) in [7, 11) is 0. The molecule has 5 nitrogen and oxygen atoms in total. The molecule has 1 heterocycles. The number of nitro groups is 1. The number of halogens is 1. The van der Waals surface area contributed by atoms with E-state index in [1.54, 1.807) is 24.3 Å². The molecule has 0 radical (unpaired) electrons. The van der Waals surface area contributed by atoms with Crippen LogP contribution in [-0.2, 0) is 4.79 Å². The van der Waals surface area contributed by atoms with Gasteiger partial charge in [0.2, 0.25) is 5.91 Å². The number of thioether (sulfide) groups is 1. The second-order valence-corrected chi connectivity index (χ2v) is 5.76. The third-order valence-electron chi connectivity index (χ3n) is 3.38. The summed E-state index contributed by atoms with van der Waals surface area (Å²) in [5, 5.41) is 10.6. The normalized spacial score (nSPS) is 17.8. The second kappa shape index (κ2) is 5.76. The van der Waals surface area contributed by atoms with Crippen molar-refractivity contribution >= 4 is 29.0 Å². The van der Waals surface area contributed by atoms with E-state index in [4.69, 9.17) is 0 Å². The van der Waals surface area contributed by atoms with Crippen LogP contribution in [0, 0.1) is 15.9 Å². The fourth-order valence-electron chi connectivity index (χ4n) is 2.42. The van der Waals surface area contributed by atoms with Gasteiger partial charge in [-0.3, -0.25) is 19.8 Å². The molecule has 7 heteroatoms. The molecule has 1 aliphatic heterocycles. The standard InChI is InChI=1S/C15H11FN2O3S/c16-11-6-2-4-8-13(11)17-14(19)9-22-15(17)10-5-1-3-7-12(10)18(20)21/h1-8,15H,9H2. The van der Waals surface area contributed by atoms with Crippen LogP contribution in [0.1, 0.15) is 10.9 Å². The van der Waals surface area contributed by atoms with Crippen molar-refractivity contribution in [3.05, 3.63) is 70.0 Å². The molecular weight excluding hydrogens is 307 g/mol. The van der Waals surface area contributed by atoms with Crippen LogP contribution in [0.4, 0.5) is 15.8 Å². The predicted molar refractivity (Wildman–Crippen MR) is 82.2 cm³/mol. The van der Waals surface area contributed by atoms with Gasteiger partial charge in [-0.05, 0) is 18.2 Å². The first-order valence-electron chi connectivity index (χ1n) is 6.51. The highest BCUT2D eigenvalue weighted by atomic mass is 32.2. The molecule has 1 aliphatic rings. The highest BCUT2D eigenvalue weighted by molar-refractivity contribution is 8.00. The molecule has 0 aromatic heterocycles. The Balaban J connectivity index is 2.09. The molecule has 112 valence electrons. The average molecular weight is 318 g/mol. The van der Waals surface area contributed by atoms with Crippen molar-refractivity contribution in [2.24, 2.45) is 0 Å². The Kier molecular flexibility index (Phi) is 3.81. The molecule has 1 amide bonds. The van der Waals surface area contributed by atoms with E-state index in [2.05, 4.69) is 0 Å². The van der Waals surface area contributed by atoms with Gasteiger partial charge in [0.15, 0.2) is 0 Å². The minimum atomic E-state index is -0.606. The summed E-state index contributed by atoms with van der Waals surface area (Å²) >= 11 is 1.25. The van der Waals surface area contributed by atoms with E-state index in [1.807, 2.05) is 0 Å². The number of amides is 1. The SMILES string of the molecule is O=C1CSC(c2ccccc2[N+](=O)[O-])N1c1ccccc1F. The lowest BCUT2D eigenvalue weighted by Crippen LogP contribution is -2.29. The number of hydrogen-bond acceptors (Lipinski definition) is 4. The molecule has 3 rings (SSSR count). The Morgan fingerprint density at radius 1 is 1.18 bits per heavy atom. The highest BCUT2D eigenvalue weighted by Crippen LogP contribution is 2.45. The lowest BCUT2D eigenvalue weighted by atomic mass is 10.1. The van der Waals surface area contributed by atoms with Crippen LogP contribution in [-0.4, -0.2) is 16.6 Å². The molecule has 2 aromatic carbocycles. The van der Waals surface area contributed by atoms with E-state index in [9.17, 15) is 19.3 Å². The largest absolute Gasteiger partial charge is 0.292 e. The van der Waals surface area contributed by atoms with E-state index in [-0.39, 0.29) is 23.0 Å². The van der Waals surface area contributed by atoms with Gasteiger partial charge in [-0.1, -0.05) is 24.3 Å². The first-order chi connectivity index (χ1) is 10.6. The number of para-hydroxylation sites is 2. The lowest BCUT2D eigenvalue weighted by molar-refractivity contribution is -0.385. The van der Waals surface area contributed by atoms with Crippen molar-refractivity contribution in [2.45, 2.75) is 5.37 Å². The molecule has 0 bridgehead atoms. The zero-order chi connectivity index (χ0) is 15.7. The Labute approximate surface area is 129 Å². The maximum Gasteiger partial charge on any atom is 0.275 e. The minimum Gasteiger partial charge on any atom is -0.292 e. The molecule has 0 N–H and O–H groups in total. The van der Waals surface area contributed by atoms with Gasteiger partial charge in [-0.2, -0.15) is 0 Å². The number of hydrogen-bond donors (Lipinski definition) is 0. The number of nitro benzene ring substituents is 1. The second-order valence-electron chi connectivity index (χ2n) is 4.69. The summed E-state index contributed by atoms with van der Waals surface area (Å²) in [6.45, 7) is 0.